The van der Waals surface area contributed by atoms with E-state index in [-0.39, 0.29) is 11.8 Å². The molecule has 0 saturated carbocycles. The van der Waals surface area contributed by atoms with Crippen LogP contribution < -0.4 is 0 Å². The summed E-state index contributed by atoms with van der Waals surface area (Å²) >= 11 is 1.68. The zero-order chi connectivity index (χ0) is 52.9. The number of carbonyl (C=O) groups excluding carboxylic acids is 2. The van der Waals surface area contributed by atoms with Crippen LogP contribution in [0.15, 0.2) is 29.5 Å². The van der Waals surface area contributed by atoms with Crippen LogP contribution in [0.3, 0.4) is 0 Å². The number of rotatable bonds is 55. The number of unbranched alkanes of at least 4 members (excludes halogenated alkanes) is 34. The molecule has 1 aromatic rings. The topological polar surface area (TPSA) is 59.1 Å². The van der Waals surface area contributed by atoms with Crippen LogP contribution in [0.4, 0.5) is 0 Å². The molecule has 0 bridgehead atoms. The monoisotopic (exact) mass is 1050 g/mol. The third kappa shape index (κ3) is 30.3. The molecule has 0 aromatic carbocycles. The van der Waals surface area contributed by atoms with Gasteiger partial charge in [0.15, 0.2) is 0 Å². The molecular weight excluding hydrogens is 929 g/mol. The maximum Gasteiger partial charge on any atom is 0.260 e. The predicted octanol–water partition coefficient (Wildman–Crippen LogP) is 20.8. The van der Waals surface area contributed by atoms with E-state index in [0.717, 1.165) is 62.7 Å². The van der Waals surface area contributed by atoms with Gasteiger partial charge in [-0.25, -0.2) is 0 Å². The largest absolute Gasteiger partial charge is 0.381 e. The van der Waals surface area contributed by atoms with E-state index in [0.29, 0.717) is 36.1 Å². The van der Waals surface area contributed by atoms with E-state index in [4.69, 9.17) is 9.47 Å². The van der Waals surface area contributed by atoms with Crippen LogP contribution in [0.1, 0.15) is 320 Å². The summed E-state index contributed by atoms with van der Waals surface area (Å²) in [7, 11) is 0. The van der Waals surface area contributed by atoms with Crippen molar-refractivity contribution < 1.29 is 19.1 Å². The van der Waals surface area contributed by atoms with Gasteiger partial charge in [0.2, 0.25) is 0 Å². The third-order valence-corrected chi connectivity index (χ3v) is 17.4. The van der Waals surface area contributed by atoms with E-state index in [1.54, 1.807) is 11.3 Å². The first-order valence-corrected chi connectivity index (χ1v) is 33.6. The summed E-state index contributed by atoms with van der Waals surface area (Å²) in [5, 5.41) is 0. The predicted molar refractivity (Wildman–Crippen MR) is 322 cm³/mol. The molecule has 2 unspecified atom stereocenters. The second-order valence-electron chi connectivity index (χ2n) is 23.4. The number of carbonyl (C=O) groups is 2. The molecule has 428 valence electrons. The minimum absolute atomic E-state index is 0.0204. The Bertz CT molecular complexity index is 1570. The molecule has 0 saturated heterocycles. The highest BCUT2D eigenvalue weighted by molar-refractivity contribution is 7.13. The van der Waals surface area contributed by atoms with Crippen molar-refractivity contribution in [2.75, 3.05) is 39.5 Å². The third-order valence-electron chi connectivity index (χ3n) is 16.4. The summed E-state index contributed by atoms with van der Waals surface area (Å²) in [6, 6.07) is 4.21. The molecule has 7 heteroatoms. The number of fused-ring (bicyclic) bond motifs is 1. The Hall–Kier alpha value is -1.96. The Kier molecular flexibility index (Phi) is 41.2. The average molecular weight is 1050 g/mol. The van der Waals surface area contributed by atoms with Gasteiger partial charge in [0.05, 0.1) is 21.7 Å². The van der Waals surface area contributed by atoms with Gasteiger partial charge in [-0.15, -0.1) is 11.3 Å². The molecule has 3 heterocycles. The number of hydrogen-bond acceptors (Lipinski definition) is 5. The van der Waals surface area contributed by atoms with Crippen molar-refractivity contribution in [3.05, 3.63) is 39.2 Å². The second kappa shape index (κ2) is 46.0. The first-order valence-electron chi connectivity index (χ1n) is 32.8. The fourth-order valence-electron chi connectivity index (χ4n) is 11.6. The molecule has 2 atom stereocenters. The maximum atomic E-state index is 14.1. The van der Waals surface area contributed by atoms with Gasteiger partial charge >= 0.3 is 0 Å². The first-order chi connectivity index (χ1) is 36.4. The zero-order valence-corrected chi connectivity index (χ0v) is 50.5. The van der Waals surface area contributed by atoms with Crippen LogP contribution in [-0.2, 0) is 19.1 Å². The summed E-state index contributed by atoms with van der Waals surface area (Å²) < 4.78 is 12.8. The van der Waals surface area contributed by atoms with E-state index in [1.165, 1.54) is 262 Å². The fraction of sp³-hybridized carbons (Fsp3) is 0.851. The quantitative estimate of drug-likeness (QED) is 0.0610. The van der Waals surface area contributed by atoms with Crippen LogP contribution in [0.25, 0.3) is 5.70 Å². The van der Waals surface area contributed by atoms with Crippen molar-refractivity contribution in [3.63, 3.8) is 0 Å². The molecule has 2 aliphatic heterocycles. The van der Waals surface area contributed by atoms with Crippen LogP contribution in [0, 0.1) is 18.8 Å². The van der Waals surface area contributed by atoms with E-state index in [9.17, 15) is 9.59 Å². The van der Waals surface area contributed by atoms with Crippen LogP contribution in [0.5, 0.6) is 0 Å². The Morgan fingerprint density at radius 2 is 0.770 bits per heavy atom. The molecule has 0 N–H and O–H groups in total. The average Bonchev–Trinajstić information content (AvgIpc) is 4.06. The van der Waals surface area contributed by atoms with E-state index >= 15 is 0 Å². The number of hydrogen-bond donors (Lipinski definition) is 0. The van der Waals surface area contributed by atoms with Gasteiger partial charge in [0.1, 0.15) is 0 Å². The lowest BCUT2D eigenvalue weighted by atomic mass is 9.94. The number of aryl methyl sites for hydroxylation is 1. The van der Waals surface area contributed by atoms with Crippen molar-refractivity contribution in [2.24, 2.45) is 11.8 Å². The minimum Gasteiger partial charge on any atom is -0.381 e. The van der Waals surface area contributed by atoms with Gasteiger partial charge in [-0.3, -0.25) is 9.59 Å². The molecule has 3 rings (SSSR count). The standard InChI is InChI=1S/C67H120N2O4S/c1-6-10-14-18-22-26-28-32-36-40-48-60(46-38-34-30-24-20-16-12-8-3)57-72-54-44-42-52-68-56-62-64(67(68)71)65(63-51-50-59(5)74-63)69(66(62)70)53-43-45-55-73-58-61(47-39-35-31-25-21-17-13-9-4)49-41-37-33-29-27-23-19-15-11-7-2/h50-51,56,60-61H,6-49,52-55,57-58H2,1-5H3. The molecule has 0 radical (unpaired) electrons. The summed E-state index contributed by atoms with van der Waals surface area (Å²) in [6.45, 7) is 15.7. The summed E-state index contributed by atoms with van der Waals surface area (Å²) in [4.78, 5) is 34.2. The highest BCUT2D eigenvalue weighted by Gasteiger charge is 2.44. The maximum absolute atomic E-state index is 14.1. The second-order valence-corrected chi connectivity index (χ2v) is 24.7. The fourth-order valence-corrected chi connectivity index (χ4v) is 12.5. The summed E-state index contributed by atoms with van der Waals surface area (Å²) in [6.07, 6.45) is 60.2. The first kappa shape index (κ1) is 66.3. The molecule has 6 nitrogen and oxygen atoms in total. The molecule has 0 spiro atoms. The van der Waals surface area contributed by atoms with Crippen molar-refractivity contribution in [2.45, 2.75) is 317 Å². The van der Waals surface area contributed by atoms with Crippen molar-refractivity contribution in [3.8, 4) is 0 Å². The zero-order valence-electron chi connectivity index (χ0n) is 49.7. The van der Waals surface area contributed by atoms with Gasteiger partial charge in [-0.2, -0.15) is 0 Å². The SMILES string of the molecule is CCCCCCCCCCCCC(CCCCCCCCCC)COCCCCN1C=C2C(=O)N(CCCCOCC(CCCCCCCCCC)CCCCCCCCCCCC)C(c3ccc(C)s3)=C2C1=O. The Labute approximate surface area is 463 Å². The normalized spacial score (nSPS) is 14.6. The molecule has 0 aliphatic carbocycles. The molecule has 2 amide bonds. The Morgan fingerprint density at radius 1 is 0.419 bits per heavy atom. The summed E-state index contributed by atoms with van der Waals surface area (Å²) in [5.74, 6) is 1.27. The van der Waals surface area contributed by atoms with Crippen molar-refractivity contribution >= 4 is 28.8 Å². The van der Waals surface area contributed by atoms with Gasteiger partial charge < -0.3 is 19.3 Å². The lowest BCUT2D eigenvalue weighted by Gasteiger charge is -2.22. The number of nitrogens with zero attached hydrogens (tertiary/aromatic N) is 2. The lowest BCUT2D eigenvalue weighted by molar-refractivity contribution is -0.124. The van der Waals surface area contributed by atoms with Gasteiger partial charge in [0, 0.05) is 50.6 Å². The van der Waals surface area contributed by atoms with E-state index < -0.39 is 0 Å². The van der Waals surface area contributed by atoms with E-state index in [1.807, 2.05) is 16.0 Å². The smallest absolute Gasteiger partial charge is 0.260 e. The van der Waals surface area contributed by atoms with Crippen LogP contribution >= 0.6 is 11.3 Å². The summed E-state index contributed by atoms with van der Waals surface area (Å²) in [5.41, 5.74) is 2.01. The molecule has 1 aromatic heterocycles. The van der Waals surface area contributed by atoms with E-state index in [2.05, 4.69) is 46.8 Å². The molecular formula is C67H120N2O4S. The number of amides is 2. The number of ether oxygens (including phenoxy) is 2. The Balaban J connectivity index is 1.43. The van der Waals surface area contributed by atoms with Crippen molar-refractivity contribution in [1.82, 2.24) is 9.80 Å². The van der Waals surface area contributed by atoms with Crippen LogP contribution in [0.2, 0.25) is 0 Å². The Morgan fingerprint density at radius 3 is 1.12 bits per heavy atom. The van der Waals surface area contributed by atoms with Crippen LogP contribution in [-0.4, -0.2) is 61.1 Å². The van der Waals surface area contributed by atoms with Crippen molar-refractivity contribution in [1.29, 1.82) is 0 Å². The van der Waals surface area contributed by atoms with Gasteiger partial charge in [0.25, 0.3) is 11.8 Å². The molecule has 0 fully saturated rings. The highest BCUT2D eigenvalue weighted by Crippen LogP contribution is 2.42. The van der Waals surface area contributed by atoms with Gasteiger partial charge in [-0.1, -0.05) is 259 Å². The molecule has 2 aliphatic rings. The minimum atomic E-state index is -0.0204. The molecule has 74 heavy (non-hydrogen) atoms. The number of thiophene rings is 1. The lowest BCUT2D eigenvalue weighted by Crippen LogP contribution is -2.29. The highest BCUT2D eigenvalue weighted by atomic mass is 32.1. The van der Waals surface area contributed by atoms with Gasteiger partial charge in [-0.05, 0) is 82.3 Å².